The van der Waals surface area contributed by atoms with E-state index < -0.39 is 17.8 Å². The number of nitrogens with one attached hydrogen (secondary N) is 2. The van der Waals surface area contributed by atoms with Gasteiger partial charge in [0.2, 0.25) is 5.91 Å². The van der Waals surface area contributed by atoms with E-state index in [1.165, 1.54) is 23.1 Å². The molecule has 1 aromatic carbocycles. The SMILES string of the molecule is O=C(NCc1ccc2sccc2n1)[C@H]1CN(c2ncnc3nn(-c4ccc(C(F)(F)F)cc4)cc23)CCN1. The van der Waals surface area contributed by atoms with Gasteiger partial charge in [-0.2, -0.15) is 13.2 Å². The number of thiophene rings is 1. The van der Waals surface area contributed by atoms with Crippen LogP contribution in [0.25, 0.3) is 26.9 Å². The number of halogens is 3. The Morgan fingerprint density at radius 2 is 1.97 bits per heavy atom. The van der Waals surface area contributed by atoms with Crippen LogP contribution in [0.5, 0.6) is 0 Å². The fraction of sp³-hybridized carbons (Fsp3) is 0.240. The van der Waals surface area contributed by atoms with Crippen LogP contribution in [0.2, 0.25) is 0 Å². The van der Waals surface area contributed by atoms with Gasteiger partial charge in [0.15, 0.2) is 5.65 Å². The topological polar surface area (TPSA) is 101 Å². The summed E-state index contributed by atoms with van der Waals surface area (Å²) in [6, 6.07) is 10.1. The Balaban J connectivity index is 1.17. The number of amides is 1. The standard InChI is InChI=1S/C25H21F3N8OS/c26-25(27,28)15-1-4-17(5-2-15)36-12-18-22(34-36)31-14-32-23(18)35-9-8-29-20(13-35)24(37)30-11-16-3-6-21-19(33-16)7-10-38-21/h1-7,10,12,14,20,29H,8-9,11,13H2,(H,30,37)/t20-/m1/s1. The van der Waals surface area contributed by atoms with Crippen LogP contribution in [0, 0.1) is 0 Å². The smallest absolute Gasteiger partial charge is 0.353 e. The maximum absolute atomic E-state index is 13.0. The molecule has 1 amide bonds. The van der Waals surface area contributed by atoms with Gasteiger partial charge in [0.1, 0.15) is 18.2 Å². The molecule has 2 N–H and O–H groups in total. The minimum absolute atomic E-state index is 0.146. The molecule has 194 valence electrons. The van der Waals surface area contributed by atoms with Gasteiger partial charge in [0.05, 0.1) is 39.1 Å². The summed E-state index contributed by atoms with van der Waals surface area (Å²) in [6.07, 6.45) is -1.33. The van der Waals surface area contributed by atoms with Crippen molar-refractivity contribution in [3.05, 3.63) is 71.6 Å². The number of piperazine rings is 1. The number of hydrogen-bond acceptors (Lipinski definition) is 8. The van der Waals surface area contributed by atoms with Crippen molar-refractivity contribution in [1.29, 1.82) is 0 Å². The van der Waals surface area contributed by atoms with Gasteiger partial charge in [0, 0.05) is 25.8 Å². The van der Waals surface area contributed by atoms with Crippen LogP contribution in [-0.4, -0.2) is 56.3 Å². The highest BCUT2D eigenvalue weighted by Gasteiger charge is 2.30. The maximum atomic E-state index is 13.0. The number of alkyl halides is 3. The summed E-state index contributed by atoms with van der Waals surface area (Å²) in [5.41, 5.74) is 1.84. The molecule has 0 spiro atoms. The summed E-state index contributed by atoms with van der Waals surface area (Å²) in [5.74, 6) is 0.463. The van der Waals surface area contributed by atoms with E-state index in [0.717, 1.165) is 28.0 Å². The molecule has 5 heterocycles. The number of carbonyl (C=O) groups is 1. The minimum Gasteiger partial charge on any atom is -0.353 e. The molecule has 13 heteroatoms. The first-order valence-corrected chi connectivity index (χ1v) is 12.7. The third kappa shape index (κ3) is 4.77. The zero-order valence-electron chi connectivity index (χ0n) is 19.8. The summed E-state index contributed by atoms with van der Waals surface area (Å²) >= 11 is 1.62. The summed E-state index contributed by atoms with van der Waals surface area (Å²) in [7, 11) is 0. The average molecular weight is 539 g/mol. The average Bonchev–Trinajstić information content (AvgIpc) is 3.58. The number of benzene rings is 1. The third-order valence-electron chi connectivity index (χ3n) is 6.35. The fourth-order valence-corrected chi connectivity index (χ4v) is 5.15. The highest BCUT2D eigenvalue weighted by Crippen LogP contribution is 2.30. The van der Waals surface area contributed by atoms with Crippen LogP contribution in [0.1, 0.15) is 11.3 Å². The quantitative estimate of drug-likeness (QED) is 0.353. The van der Waals surface area contributed by atoms with E-state index in [-0.39, 0.29) is 5.91 Å². The van der Waals surface area contributed by atoms with E-state index in [2.05, 4.69) is 30.7 Å². The Morgan fingerprint density at radius 3 is 2.79 bits per heavy atom. The van der Waals surface area contributed by atoms with Crippen LogP contribution in [-0.2, 0) is 17.5 Å². The van der Waals surface area contributed by atoms with Gasteiger partial charge in [-0.1, -0.05) is 0 Å². The van der Waals surface area contributed by atoms with Gasteiger partial charge in [-0.3, -0.25) is 9.78 Å². The molecule has 0 radical (unpaired) electrons. The molecule has 5 aromatic rings. The van der Waals surface area contributed by atoms with Gasteiger partial charge in [0.25, 0.3) is 0 Å². The molecule has 1 aliphatic rings. The molecule has 6 rings (SSSR count). The zero-order valence-corrected chi connectivity index (χ0v) is 20.6. The van der Waals surface area contributed by atoms with E-state index in [1.807, 2.05) is 28.5 Å². The lowest BCUT2D eigenvalue weighted by molar-refractivity contribution is -0.137. The highest BCUT2D eigenvalue weighted by atomic mass is 32.1. The van der Waals surface area contributed by atoms with Gasteiger partial charge < -0.3 is 15.5 Å². The summed E-state index contributed by atoms with van der Waals surface area (Å²) < 4.78 is 41.4. The molecule has 9 nitrogen and oxygen atoms in total. The second kappa shape index (κ2) is 9.65. The van der Waals surface area contributed by atoms with E-state index >= 15 is 0 Å². The molecular formula is C25H21F3N8OS. The van der Waals surface area contributed by atoms with E-state index in [9.17, 15) is 18.0 Å². The molecule has 0 saturated carbocycles. The van der Waals surface area contributed by atoms with Crippen LogP contribution in [0.4, 0.5) is 19.0 Å². The van der Waals surface area contributed by atoms with Gasteiger partial charge in [-0.15, -0.1) is 16.4 Å². The molecule has 0 bridgehead atoms. The van der Waals surface area contributed by atoms with Crippen molar-refractivity contribution in [2.75, 3.05) is 24.5 Å². The zero-order chi connectivity index (χ0) is 26.3. The maximum Gasteiger partial charge on any atom is 0.416 e. The van der Waals surface area contributed by atoms with Gasteiger partial charge in [-0.05, 0) is 47.8 Å². The molecule has 1 aliphatic heterocycles. The highest BCUT2D eigenvalue weighted by molar-refractivity contribution is 7.17. The number of nitrogens with zero attached hydrogens (tertiary/aromatic N) is 6. The summed E-state index contributed by atoms with van der Waals surface area (Å²) in [6.45, 7) is 1.87. The largest absolute Gasteiger partial charge is 0.416 e. The number of anilines is 1. The van der Waals surface area contributed by atoms with Crippen LogP contribution in [0.3, 0.4) is 0 Å². The Kier molecular flexibility index (Phi) is 6.16. The van der Waals surface area contributed by atoms with E-state index in [0.29, 0.717) is 48.7 Å². The Bertz CT molecular complexity index is 1610. The lowest BCUT2D eigenvalue weighted by Crippen LogP contribution is -2.57. The molecular weight excluding hydrogens is 517 g/mol. The Morgan fingerprint density at radius 1 is 1.13 bits per heavy atom. The molecule has 1 saturated heterocycles. The lowest BCUT2D eigenvalue weighted by atomic mass is 10.2. The normalized spacial score (nSPS) is 16.3. The van der Waals surface area contributed by atoms with E-state index in [4.69, 9.17) is 0 Å². The molecule has 38 heavy (non-hydrogen) atoms. The molecule has 1 fully saturated rings. The van der Waals surface area contributed by atoms with Crippen molar-refractivity contribution in [2.45, 2.75) is 18.8 Å². The van der Waals surface area contributed by atoms with Crippen molar-refractivity contribution in [2.24, 2.45) is 0 Å². The first kappa shape index (κ1) is 24.2. The predicted molar refractivity (Wildman–Crippen MR) is 137 cm³/mol. The first-order valence-electron chi connectivity index (χ1n) is 11.8. The monoisotopic (exact) mass is 538 g/mol. The Hall–Kier alpha value is -4.10. The number of pyridine rings is 1. The number of hydrogen-bond donors (Lipinski definition) is 2. The van der Waals surface area contributed by atoms with E-state index in [1.54, 1.807) is 17.5 Å². The van der Waals surface area contributed by atoms with Gasteiger partial charge >= 0.3 is 6.18 Å². The second-order valence-electron chi connectivity index (χ2n) is 8.83. The van der Waals surface area contributed by atoms with Crippen molar-refractivity contribution in [1.82, 2.24) is 35.4 Å². The van der Waals surface area contributed by atoms with Crippen LogP contribution in [0.15, 0.2) is 60.4 Å². The van der Waals surface area contributed by atoms with Crippen molar-refractivity contribution >= 4 is 44.3 Å². The minimum atomic E-state index is -4.41. The number of rotatable bonds is 5. The Labute approximate surface area is 218 Å². The van der Waals surface area contributed by atoms with Crippen LogP contribution >= 0.6 is 11.3 Å². The van der Waals surface area contributed by atoms with Crippen molar-refractivity contribution < 1.29 is 18.0 Å². The number of aromatic nitrogens is 5. The van der Waals surface area contributed by atoms with Crippen LogP contribution < -0.4 is 15.5 Å². The summed E-state index contributed by atoms with van der Waals surface area (Å²) in [5, 5.41) is 13.3. The molecule has 0 unspecified atom stereocenters. The molecule has 1 atom stereocenters. The summed E-state index contributed by atoms with van der Waals surface area (Å²) in [4.78, 5) is 28.2. The first-order chi connectivity index (χ1) is 18.3. The lowest BCUT2D eigenvalue weighted by Gasteiger charge is -2.33. The predicted octanol–water partition coefficient (Wildman–Crippen LogP) is 3.54. The number of fused-ring (bicyclic) bond motifs is 2. The van der Waals surface area contributed by atoms with Crippen molar-refractivity contribution in [3.63, 3.8) is 0 Å². The fourth-order valence-electron chi connectivity index (χ4n) is 4.43. The van der Waals surface area contributed by atoms with Gasteiger partial charge in [-0.25, -0.2) is 14.6 Å². The third-order valence-corrected chi connectivity index (χ3v) is 7.23. The molecule has 0 aliphatic carbocycles. The number of carbonyl (C=O) groups excluding carboxylic acids is 1. The second-order valence-corrected chi connectivity index (χ2v) is 9.78. The van der Waals surface area contributed by atoms with Crippen molar-refractivity contribution in [3.8, 4) is 5.69 Å². The molecule has 4 aromatic heterocycles.